The van der Waals surface area contributed by atoms with Gasteiger partial charge in [0.15, 0.2) is 0 Å². The fourth-order valence-electron chi connectivity index (χ4n) is 1.62. The molecule has 2 aromatic carbocycles. The van der Waals surface area contributed by atoms with Crippen molar-refractivity contribution < 1.29 is 4.74 Å². The Morgan fingerprint density at radius 1 is 1.11 bits per heavy atom. The van der Waals surface area contributed by atoms with Crippen molar-refractivity contribution in [1.29, 1.82) is 0 Å². The Bertz CT molecular complexity index is 664. The summed E-state index contributed by atoms with van der Waals surface area (Å²) < 4.78 is 5.79. The average molecular weight is 274 g/mol. The fraction of sp³-hybridized carbons (Fsp3) is 0.143. The quantitative estimate of drug-likeness (QED) is 0.402. The van der Waals surface area contributed by atoms with Gasteiger partial charge in [-0.3, -0.25) is 0 Å². The molecule has 0 aliphatic carbocycles. The molecule has 0 heterocycles. The second kappa shape index (κ2) is 5.65. The molecule has 2 aromatic rings. The molecule has 0 radical (unpaired) electrons. The van der Waals surface area contributed by atoms with Crippen LogP contribution in [-0.4, -0.2) is 0 Å². The molecule has 5 heteroatoms. The molecule has 0 spiro atoms. The van der Waals surface area contributed by atoms with Crippen molar-refractivity contribution >= 4 is 17.3 Å². The number of azide groups is 1. The first-order chi connectivity index (χ1) is 9.10. The number of nitrogens with zero attached hydrogens (tertiary/aromatic N) is 3. The molecular formula is C14H12ClN3O. The summed E-state index contributed by atoms with van der Waals surface area (Å²) in [5, 5.41) is 3.90. The summed E-state index contributed by atoms with van der Waals surface area (Å²) in [5.41, 5.74) is 11.0. The normalized spacial score (nSPS) is 9.84. The molecule has 2 rings (SSSR count). The van der Waals surface area contributed by atoms with E-state index in [4.69, 9.17) is 21.9 Å². The van der Waals surface area contributed by atoms with E-state index in [0.29, 0.717) is 16.5 Å². The molecule has 0 unspecified atom stereocenters. The third kappa shape index (κ3) is 3.19. The lowest BCUT2D eigenvalue weighted by Crippen LogP contribution is -1.89. The number of rotatable bonds is 3. The molecule has 0 N–H and O–H groups in total. The van der Waals surface area contributed by atoms with Gasteiger partial charge in [-0.1, -0.05) is 28.8 Å². The highest BCUT2D eigenvalue weighted by Crippen LogP contribution is 2.34. The summed E-state index contributed by atoms with van der Waals surface area (Å²) in [6.45, 7) is 3.97. The van der Waals surface area contributed by atoms with Crippen LogP contribution >= 0.6 is 11.6 Å². The Balaban J connectivity index is 2.33. The van der Waals surface area contributed by atoms with E-state index in [0.717, 1.165) is 16.9 Å². The second-order valence-corrected chi connectivity index (χ2v) is 4.58. The SMILES string of the molecule is Cc1ccc(C)c(Oc2ccc(N=[N+]=[N-])cc2Cl)c1. The molecular weight excluding hydrogens is 262 g/mol. The van der Waals surface area contributed by atoms with Crippen LogP contribution in [0, 0.1) is 13.8 Å². The summed E-state index contributed by atoms with van der Waals surface area (Å²) in [6, 6.07) is 10.9. The van der Waals surface area contributed by atoms with Gasteiger partial charge in [-0.15, -0.1) is 0 Å². The maximum atomic E-state index is 8.37. The molecule has 0 saturated carbocycles. The van der Waals surface area contributed by atoms with Crippen LogP contribution in [0.25, 0.3) is 10.4 Å². The highest BCUT2D eigenvalue weighted by atomic mass is 35.5. The van der Waals surface area contributed by atoms with E-state index in [1.54, 1.807) is 18.2 Å². The minimum Gasteiger partial charge on any atom is -0.456 e. The van der Waals surface area contributed by atoms with Crippen molar-refractivity contribution in [1.82, 2.24) is 0 Å². The molecule has 0 bridgehead atoms. The zero-order chi connectivity index (χ0) is 13.8. The van der Waals surface area contributed by atoms with Crippen molar-refractivity contribution in [3.05, 3.63) is 63.0 Å². The van der Waals surface area contributed by atoms with Gasteiger partial charge in [-0.2, -0.15) is 0 Å². The Morgan fingerprint density at radius 2 is 1.89 bits per heavy atom. The average Bonchev–Trinajstić information content (AvgIpc) is 2.37. The van der Waals surface area contributed by atoms with Crippen molar-refractivity contribution in [2.24, 2.45) is 5.11 Å². The number of benzene rings is 2. The highest BCUT2D eigenvalue weighted by molar-refractivity contribution is 6.32. The predicted octanol–water partition coefficient (Wildman–Crippen LogP) is 5.69. The topological polar surface area (TPSA) is 58.0 Å². The molecule has 4 nitrogen and oxygen atoms in total. The minimum atomic E-state index is 0.408. The van der Waals surface area contributed by atoms with Crippen molar-refractivity contribution in [2.75, 3.05) is 0 Å². The highest BCUT2D eigenvalue weighted by Gasteiger charge is 2.06. The molecule has 0 aliphatic rings. The fourth-order valence-corrected chi connectivity index (χ4v) is 1.84. The Hall–Kier alpha value is -2.16. The first-order valence-electron chi connectivity index (χ1n) is 5.70. The lowest BCUT2D eigenvalue weighted by atomic mass is 10.1. The number of aryl methyl sites for hydroxylation is 2. The first kappa shape index (κ1) is 13.3. The first-order valence-corrected chi connectivity index (χ1v) is 6.07. The van der Waals surface area contributed by atoms with Crippen LogP contribution < -0.4 is 4.74 Å². The van der Waals surface area contributed by atoms with Gasteiger partial charge in [-0.25, -0.2) is 0 Å². The second-order valence-electron chi connectivity index (χ2n) is 4.18. The van der Waals surface area contributed by atoms with E-state index in [9.17, 15) is 0 Å². The monoisotopic (exact) mass is 273 g/mol. The van der Waals surface area contributed by atoms with Crippen LogP contribution in [0.2, 0.25) is 5.02 Å². The third-order valence-corrected chi connectivity index (χ3v) is 2.93. The summed E-state index contributed by atoms with van der Waals surface area (Å²) in [6.07, 6.45) is 0. The van der Waals surface area contributed by atoms with Gasteiger partial charge in [0.2, 0.25) is 0 Å². The summed E-state index contributed by atoms with van der Waals surface area (Å²) >= 11 is 6.10. The molecule has 96 valence electrons. The molecule has 0 aromatic heterocycles. The zero-order valence-electron chi connectivity index (χ0n) is 10.6. The van der Waals surface area contributed by atoms with E-state index in [1.165, 1.54) is 0 Å². The predicted molar refractivity (Wildman–Crippen MR) is 76.2 cm³/mol. The maximum absolute atomic E-state index is 8.37. The van der Waals surface area contributed by atoms with Crippen LogP contribution in [0.4, 0.5) is 5.69 Å². The minimum absolute atomic E-state index is 0.408. The number of hydrogen-bond donors (Lipinski definition) is 0. The molecule has 19 heavy (non-hydrogen) atoms. The summed E-state index contributed by atoms with van der Waals surface area (Å²) in [5.74, 6) is 1.30. The van der Waals surface area contributed by atoms with Crippen LogP contribution in [0.3, 0.4) is 0 Å². The van der Waals surface area contributed by atoms with Crippen LogP contribution in [0.5, 0.6) is 11.5 Å². The Morgan fingerprint density at radius 3 is 2.58 bits per heavy atom. The molecule has 0 atom stereocenters. The Labute approximate surface area is 116 Å². The van der Waals surface area contributed by atoms with Crippen molar-refractivity contribution in [3.8, 4) is 11.5 Å². The van der Waals surface area contributed by atoms with Gasteiger partial charge in [0.25, 0.3) is 0 Å². The van der Waals surface area contributed by atoms with E-state index in [2.05, 4.69) is 10.0 Å². The van der Waals surface area contributed by atoms with E-state index >= 15 is 0 Å². The largest absolute Gasteiger partial charge is 0.456 e. The zero-order valence-corrected chi connectivity index (χ0v) is 11.3. The van der Waals surface area contributed by atoms with Crippen LogP contribution in [-0.2, 0) is 0 Å². The van der Waals surface area contributed by atoms with E-state index < -0.39 is 0 Å². The summed E-state index contributed by atoms with van der Waals surface area (Å²) in [4.78, 5) is 2.71. The van der Waals surface area contributed by atoms with Gasteiger partial charge in [0, 0.05) is 10.6 Å². The van der Waals surface area contributed by atoms with Crippen LogP contribution in [0.15, 0.2) is 41.5 Å². The number of hydrogen-bond acceptors (Lipinski definition) is 2. The lowest BCUT2D eigenvalue weighted by molar-refractivity contribution is 0.479. The van der Waals surface area contributed by atoms with E-state index in [1.807, 2.05) is 32.0 Å². The third-order valence-electron chi connectivity index (χ3n) is 2.64. The van der Waals surface area contributed by atoms with Crippen molar-refractivity contribution in [2.45, 2.75) is 13.8 Å². The molecule has 0 amide bonds. The lowest BCUT2D eigenvalue weighted by Gasteiger charge is -2.11. The van der Waals surface area contributed by atoms with E-state index in [-0.39, 0.29) is 0 Å². The molecule has 0 aliphatic heterocycles. The van der Waals surface area contributed by atoms with Gasteiger partial charge in [0.1, 0.15) is 11.5 Å². The molecule has 0 saturated heterocycles. The van der Waals surface area contributed by atoms with Gasteiger partial charge in [0.05, 0.1) is 5.02 Å². The standard InChI is InChI=1S/C14H12ClN3O/c1-9-3-4-10(2)14(7-9)19-13-6-5-11(17-18-16)8-12(13)15/h3-8H,1-2H3. The molecule has 0 fully saturated rings. The van der Waals surface area contributed by atoms with Gasteiger partial charge < -0.3 is 4.74 Å². The number of ether oxygens (including phenoxy) is 1. The maximum Gasteiger partial charge on any atom is 0.146 e. The number of halogens is 1. The smallest absolute Gasteiger partial charge is 0.146 e. The Kier molecular flexibility index (Phi) is 3.95. The van der Waals surface area contributed by atoms with Gasteiger partial charge >= 0.3 is 0 Å². The summed E-state index contributed by atoms with van der Waals surface area (Å²) in [7, 11) is 0. The van der Waals surface area contributed by atoms with Crippen molar-refractivity contribution in [3.63, 3.8) is 0 Å². The van der Waals surface area contributed by atoms with Crippen LogP contribution in [0.1, 0.15) is 11.1 Å². The van der Waals surface area contributed by atoms with Gasteiger partial charge in [-0.05, 0) is 54.8 Å².